The Morgan fingerprint density at radius 2 is 1.59 bits per heavy atom. The first-order chi connectivity index (χ1) is 18.7. The third-order valence-corrected chi connectivity index (χ3v) is 7.93. The highest BCUT2D eigenvalue weighted by molar-refractivity contribution is 8.01. The lowest BCUT2D eigenvalue weighted by atomic mass is 10.1. The van der Waals surface area contributed by atoms with Gasteiger partial charge in [-0.15, -0.1) is 11.3 Å². The molecule has 39 heavy (non-hydrogen) atoms. The molecule has 1 heterocycles. The van der Waals surface area contributed by atoms with E-state index < -0.39 is 11.7 Å². The van der Waals surface area contributed by atoms with Crippen LogP contribution < -0.4 is 23.8 Å². The SMILES string of the molecule is COc1ccc(CN(C(=O)CSc2nc3ccccc3s2)c2cc(OC)c(OC)c(OC)c2)cc1C(F)(F)F. The number of carbonyl (C=O) groups is 1. The Morgan fingerprint density at radius 3 is 2.18 bits per heavy atom. The van der Waals surface area contributed by atoms with Crippen molar-refractivity contribution >= 4 is 44.9 Å². The van der Waals surface area contributed by atoms with E-state index in [4.69, 9.17) is 18.9 Å². The largest absolute Gasteiger partial charge is 0.496 e. The summed E-state index contributed by atoms with van der Waals surface area (Å²) in [5, 5.41) is 0. The molecule has 0 atom stereocenters. The Labute approximate surface area is 231 Å². The molecule has 12 heteroatoms. The monoisotopic (exact) mass is 578 g/mol. The molecule has 0 saturated heterocycles. The molecule has 0 fully saturated rings. The number of ether oxygens (including phenoxy) is 4. The maximum Gasteiger partial charge on any atom is 0.419 e. The molecule has 0 spiro atoms. The molecule has 0 aliphatic carbocycles. The Morgan fingerprint density at radius 1 is 0.923 bits per heavy atom. The van der Waals surface area contributed by atoms with E-state index in [0.717, 1.165) is 16.3 Å². The van der Waals surface area contributed by atoms with Crippen LogP contribution in [0.2, 0.25) is 0 Å². The van der Waals surface area contributed by atoms with Gasteiger partial charge in [0, 0.05) is 12.1 Å². The molecule has 0 N–H and O–H groups in total. The molecule has 0 unspecified atom stereocenters. The van der Waals surface area contributed by atoms with Crippen LogP contribution in [0.5, 0.6) is 23.0 Å². The second-order valence-corrected chi connectivity index (χ2v) is 10.4. The van der Waals surface area contributed by atoms with Crippen LogP contribution in [-0.4, -0.2) is 45.1 Å². The van der Waals surface area contributed by atoms with Crippen molar-refractivity contribution in [3.8, 4) is 23.0 Å². The molecule has 1 amide bonds. The smallest absolute Gasteiger partial charge is 0.419 e. The summed E-state index contributed by atoms with van der Waals surface area (Å²) in [6.45, 7) is -0.148. The summed E-state index contributed by atoms with van der Waals surface area (Å²) >= 11 is 2.72. The number of hydrogen-bond acceptors (Lipinski definition) is 8. The van der Waals surface area contributed by atoms with Gasteiger partial charge in [0.2, 0.25) is 11.7 Å². The lowest BCUT2D eigenvalue weighted by Crippen LogP contribution is -2.32. The second kappa shape index (κ2) is 12.0. The maximum atomic E-state index is 13.7. The number of anilines is 1. The fraction of sp³-hybridized carbons (Fsp3) is 0.259. The average Bonchev–Trinajstić information content (AvgIpc) is 3.36. The van der Waals surface area contributed by atoms with Gasteiger partial charge in [-0.2, -0.15) is 13.2 Å². The van der Waals surface area contributed by atoms with Crippen LogP contribution in [0.25, 0.3) is 10.2 Å². The molecule has 206 valence electrons. The number of benzene rings is 3. The molecule has 0 aliphatic heterocycles. The predicted molar refractivity (Wildman–Crippen MR) is 146 cm³/mol. The van der Waals surface area contributed by atoms with Crippen LogP contribution in [0.15, 0.2) is 58.9 Å². The summed E-state index contributed by atoms with van der Waals surface area (Å²) < 4.78 is 63.9. The quantitative estimate of drug-likeness (QED) is 0.195. The normalized spacial score (nSPS) is 11.4. The van der Waals surface area contributed by atoms with E-state index >= 15 is 0 Å². The number of aromatic nitrogens is 1. The summed E-state index contributed by atoms with van der Waals surface area (Å²) in [7, 11) is 5.51. The van der Waals surface area contributed by atoms with Gasteiger partial charge in [0.05, 0.1) is 62.2 Å². The number of halogens is 3. The van der Waals surface area contributed by atoms with Gasteiger partial charge in [-0.25, -0.2) is 4.98 Å². The molecule has 7 nitrogen and oxygen atoms in total. The molecule has 0 aliphatic rings. The number of methoxy groups -OCH3 is 4. The van der Waals surface area contributed by atoms with Gasteiger partial charge in [-0.1, -0.05) is 30.0 Å². The van der Waals surface area contributed by atoms with Crippen LogP contribution in [0.3, 0.4) is 0 Å². The molecule has 4 rings (SSSR count). The highest BCUT2D eigenvalue weighted by atomic mass is 32.2. The van der Waals surface area contributed by atoms with Crippen molar-refractivity contribution in [3.63, 3.8) is 0 Å². The number of alkyl halides is 3. The van der Waals surface area contributed by atoms with E-state index in [1.165, 1.54) is 68.6 Å². The molecule has 4 aromatic rings. The van der Waals surface area contributed by atoms with Gasteiger partial charge in [-0.05, 0) is 29.8 Å². The van der Waals surface area contributed by atoms with Crippen LogP contribution >= 0.6 is 23.1 Å². The van der Waals surface area contributed by atoms with Crippen LogP contribution in [0.1, 0.15) is 11.1 Å². The number of thioether (sulfide) groups is 1. The van der Waals surface area contributed by atoms with Gasteiger partial charge in [-0.3, -0.25) is 4.79 Å². The molecule has 0 bridgehead atoms. The van der Waals surface area contributed by atoms with E-state index in [9.17, 15) is 18.0 Å². The summed E-state index contributed by atoms with van der Waals surface area (Å²) in [5.74, 6) is 0.270. The molecule has 0 saturated carbocycles. The fourth-order valence-electron chi connectivity index (χ4n) is 3.92. The van der Waals surface area contributed by atoms with Gasteiger partial charge >= 0.3 is 6.18 Å². The van der Waals surface area contributed by atoms with Crippen molar-refractivity contribution in [2.45, 2.75) is 17.1 Å². The zero-order chi connectivity index (χ0) is 28.2. The van der Waals surface area contributed by atoms with Crippen molar-refractivity contribution < 1.29 is 36.9 Å². The number of hydrogen-bond donors (Lipinski definition) is 0. The maximum absolute atomic E-state index is 13.7. The Bertz CT molecular complexity index is 1420. The van der Waals surface area contributed by atoms with Gasteiger partial charge < -0.3 is 23.8 Å². The van der Waals surface area contributed by atoms with Crippen molar-refractivity contribution in [2.24, 2.45) is 0 Å². The molecule has 3 aromatic carbocycles. The van der Waals surface area contributed by atoms with E-state index in [-0.39, 0.29) is 29.5 Å². The Kier molecular flexibility index (Phi) is 8.76. The number of rotatable bonds is 10. The first-order valence-electron chi connectivity index (χ1n) is 11.5. The zero-order valence-electron chi connectivity index (χ0n) is 21.5. The average molecular weight is 579 g/mol. The standard InChI is InChI=1S/C27H25F3N2O5S2/c1-34-20-10-9-16(11-18(20)27(28,29)30)14-32(17-12-21(35-2)25(37-4)22(13-17)36-3)24(33)15-38-26-31-19-7-5-6-8-23(19)39-26/h5-13H,14-15H2,1-4H3. The zero-order valence-corrected chi connectivity index (χ0v) is 23.1. The van der Waals surface area contributed by atoms with E-state index in [1.807, 2.05) is 24.3 Å². The molecule has 1 aromatic heterocycles. The van der Waals surface area contributed by atoms with E-state index in [1.54, 1.807) is 12.1 Å². The minimum absolute atomic E-state index is 0.00123. The van der Waals surface area contributed by atoms with E-state index in [2.05, 4.69) is 4.98 Å². The number of thiazole rings is 1. The highest BCUT2D eigenvalue weighted by Gasteiger charge is 2.35. The second-order valence-electron chi connectivity index (χ2n) is 8.13. The van der Waals surface area contributed by atoms with Crippen molar-refractivity contribution in [1.29, 1.82) is 0 Å². The van der Waals surface area contributed by atoms with Crippen molar-refractivity contribution in [1.82, 2.24) is 4.98 Å². The summed E-state index contributed by atoms with van der Waals surface area (Å²) in [5.41, 5.74) is 0.527. The predicted octanol–water partition coefficient (Wildman–Crippen LogP) is 6.68. The van der Waals surface area contributed by atoms with Crippen LogP contribution in [-0.2, 0) is 17.5 Å². The third-order valence-electron chi connectivity index (χ3n) is 5.77. The lowest BCUT2D eigenvalue weighted by Gasteiger charge is -2.25. The fourth-order valence-corrected chi connectivity index (χ4v) is 5.86. The van der Waals surface area contributed by atoms with E-state index in [0.29, 0.717) is 27.3 Å². The third kappa shape index (κ3) is 6.34. The summed E-state index contributed by atoms with van der Waals surface area (Å²) in [6.07, 6.45) is -4.63. The number of amides is 1. The number of nitrogens with zero attached hydrogens (tertiary/aromatic N) is 2. The van der Waals surface area contributed by atoms with Crippen LogP contribution in [0, 0.1) is 0 Å². The number of para-hydroxylation sites is 1. The van der Waals surface area contributed by atoms with Gasteiger partial charge in [0.15, 0.2) is 15.8 Å². The first kappa shape index (κ1) is 28.4. The number of fused-ring (bicyclic) bond motifs is 1. The highest BCUT2D eigenvalue weighted by Crippen LogP contribution is 2.42. The summed E-state index contributed by atoms with van der Waals surface area (Å²) in [4.78, 5) is 19.6. The molecular weight excluding hydrogens is 553 g/mol. The minimum atomic E-state index is -4.63. The van der Waals surface area contributed by atoms with Crippen molar-refractivity contribution in [2.75, 3.05) is 39.1 Å². The lowest BCUT2D eigenvalue weighted by molar-refractivity contribution is -0.138. The number of carbonyl (C=O) groups excluding carboxylic acids is 1. The summed E-state index contributed by atoms with van der Waals surface area (Å²) in [6, 6.07) is 14.5. The Hall–Kier alpha value is -3.64. The Balaban J connectivity index is 1.71. The minimum Gasteiger partial charge on any atom is -0.496 e. The van der Waals surface area contributed by atoms with Crippen LogP contribution in [0.4, 0.5) is 18.9 Å². The van der Waals surface area contributed by atoms with Gasteiger partial charge in [0.1, 0.15) is 5.75 Å². The topological polar surface area (TPSA) is 70.1 Å². The van der Waals surface area contributed by atoms with Crippen molar-refractivity contribution in [3.05, 3.63) is 65.7 Å². The van der Waals surface area contributed by atoms with Gasteiger partial charge in [0.25, 0.3) is 0 Å². The molecule has 0 radical (unpaired) electrons. The molecular formula is C27H25F3N2O5S2. The first-order valence-corrected chi connectivity index (χ1v) is 13.3.